The molecule has 4 heteroatoms. The van der Waals surface area contributed by atoms with Gasteiger partial charge in [0.05, 0.1) is 0 Å². The monoisotopic (exact) mass is 865 g/mol. The Labute approximate surface area is 382 Å². The topological polar surface area (TPSA) is 3.24 Å². The van der Waals surface area contributed by atoms with Crippen LogP contribution < -0.4 is 46.4 Å². The molecule has 302 valence electrons. The van der Waals surface area contributed by atoms with E-state index in [-0.39, 0.29) is 0 Å². The molecule has 0 unspecified atom stereocenters. The summed E-state index contributed by atoms with van der Waals surface area (Å²) in [6, 6.07) is 98.5. The van der Waals surface area contributed by atoms with Gasteiger partial charge in [0.25, 0.3) is 0 Å². The van der Waals surface area contributed by atoms with Gasteiger partial charge in [-0.05, 0) is 106 Å². The van der Waals surface area contributed by atoms with Crippen molar-refractivity contribution in [1.82, 2.24) is 0 Å². The zero-order valence-electron chi connectivity index (χ0n) is 35.2. The first kappa shape index (κ1) is 38.5. The van der Waals surface area contributed by atoms with Gasteiger partial charge in [-0.3, -0.25) is 0 Å². The molecule has 0 bridgehead atoms. The normalized spacial score (nSPS) is 13.8. The van der Waals surface area contributed by atoms with Crippen LogP contribution in [0.5, 0.6) is 0 Å². The van der Waals surface area contributed by atoms with E-state index in [1.54, 1.807) is 0 Å². The maximum atomic E-state index is 2.57. The number of hydrogen-bond acceptors (Lipinski definition) is 2. The number of fused-ring (bicyclic) bond motifs is 8. The SMILES string of the molecule is c1ccc(-c2ccc(N(c3ccc(-c4ccccc4)cc3)c3cccc4c3[Si](c3ccccc3)(c3ccccc3)c3ccccc3[Si]43c4ccccc4Sc4ccccc43)cc2)cc1. The van der Waals surface area contributed by atoms with Crippen LogP contribution in [0.4, 0.5) is 17.1 Å². The van der Waals surface area contributed by atoms with Gasteiger partial charge in [0, 0.05) is 26.9 Å². The van der Waals surface area contributed by atoms with E-state index in [4.69, 9.17) is 0 Å². The van der Waals surface area contributed by atoms with Crippen LogP contribution in [0.2, 0.25) is 0 Å². The zero-order chi connectivity index (χ0) is 42.5. The van der Waals surface area contributed by atoms with Gasteiger partial charge < -0.3 is 4.90 Å². The van der Waals surface area contributed by atoms with Gasteiger partial charge in [0.15, 0.2) is 16.1 Å². The molecule has 0 aliphatic carbocycles. The Hall–Kier alpha value is -7.22. The first-order chi connectivity index (χ1) is 31.8. The minimum Gasteiger partial charge on any atom is -0.311 e. The molecule has 2 aliphatic rings. The predicted molar refractivity (Wildman–Crippen MR) is 277 cm³/mol. The molecule has 0 fully saturated rings. The van der Waals surface area contributed by atoms with Crippen molar-refractivity contribution < 1.29 is 0 Å². The molecule has 0 saturated heterocycles. The standard InChI is InChI=1S/C60H43NSSi2/c1-5-20-44(21-6-1)46-36-40-48(41-37-46)61(49-42-38-47(39-43-49)45-22-7-2-8-23-45)52-28-19-35-59-60(52)63(50-24-9-3-10-25-50,51-26-11-4-12-27-51)57-33-17-18-34-58(57)64(59)55-31-15-13-29-53(55)62-54-30-14-16-32-56(54)64/h1-43H. The van der Waals surface area contributed by atoms with Crippen molar-refractivity contribution in [3.05, 3.63) is 261 Å². The second-order valence-electron chi connectivity index (χ2n) is 16.7. The summed E-state index contributed by atoms with van der Waals surface area (Å²) in [5, 5.41) is 11.6. The molecular formula is C60H43NSSi2. The van der Waals surface area contributed by atoms with Gasteiger partial charge in [-0.1, -0.05) is 230 Å². The van der Waals surface area contributed by atoms with Gasteiger partial charge in [-0.25, -0.2) is 0 Å². The first-order valence-electron chi connectivity index (χ1n) is 22.1. The van der Waals surface area contributed by atoms with Crippen LogP contribution in [-0.2, 0) is 0 Å². The highest BCUT2D eigenvalue weighted by Gasteiger charge is 2.59. The van der Waals surface area contributed by atoms with E-state index in [0.29, 0.717) is 0 Å². The van der Waals surface area contributed by atoms with Crippen LogP contribution in [0.1, 0.15) is 0 Å². The fourth-order valence-electron chi connectivity index (χ4n) is 10.9. The highest BCUT2D eigenvalue weighted by Crippen LogP contribution is 2.39. The maximum absolute atomic E-state index is 3.14. The lowest BCUT2D eigenvalue weighted by Crippen LogP contribution is -2.94. The van der Waals surface area contributed by atoms with Crippen molar-refractivity contribution >= 4 is 86.5 Å². The van der Waals surface area contributed by atoms with Crippen LogP contribution in [0.15, 0.2) is 271 Å². The fraction of sp³-hybridized carbons (Fsp3) is 0. The van der Waals surface area contributed by atoms with E-state index in [1.807, 2.05) is 11.8 Å². The Bertz CT molecular complexity index is 3120. The lowest BCUT2D eigenvalue weighted by Gasteiger charge is -2.51. The number of hydrogen-bond donors (Lipinski definition) is 0. The van der Waals surface area contributed by atoms with Gasteiger partial charge in [-0.2, -0.15) is 0 Å². The van der Waals surface area contributed by atoms with Crippen molar-refractivity contribution in [3.8, 4) is 22.3 Å². The summed E-state index contributed by atoms with van der Waals surface area (Å²) in [4.78, 5) is 5.29. The van der Waals surface area contributed by atoms with E-state index in [1.165, 1.54) is 79.2 Å². The van der Waals surface area contributed by atoms with Crippen LogP contribution in [0, 0.1) is 0 Å². The van der Waals surface area contributed by atoms with E-state index in [2.05, 4.69) is 266 Å². The van der Waals surface area contributed by atoms with Crippen LogP contribution in [-0.4, -0.2) is 16.1 Å². The van der Waals surface area contributed by atoms with Crippen LogP contribution in [0.3, 0.4) is 0 Å². The minimum absolute atomic E-state index is 1.12. The number of benzene rings is 10. The molecule has 64 heavy (non-hydrogen) atoms. The molecular weight excluding hydrogens is 823 g/mol. The third kappa shape index (κ3) is 5.91. The largest absolute Gasteiger partial charge is 0.311 e. The van der Waals surface area contributed by atoms with Crippen LogP contribution >= 0.6 is 11.8 Å². The van der Waals surface area contributed by atoms with Gasteiger partial charge in [-0.15, -0.1) is 0 Å². The predicted octanol–water partition coefficient (Wildman–Crippen LogP) is 10.0. The van der Waals surface area contributed by atoms with Gasteiger partial charge >= 0.3 is 0 Å². The summed E-state index contributed by atoms with van der Waals surface area (Å²) < 4.78 is 0. The Morgan fingerprint density at radius 1 is 0.266 bits per heavy atom. The molecule has 10 aromatic rings. The lowest BCUT2D eigenvalue weighted by atomic mass is 10.0. The second-order valence-corrected chi connectivity index (χ2v) is 25.2. The third-order valence-corrected chi connectivity index (χ3v) is 25.4. The highest BCUT2D eigenvalue weighted by molar-refractivity contribution is 8.00. The number of anilines is 3. The van der Waals surface area contributed by atoms with Crippen molar-refractivity contribution in [3.63, 3.8) is 0 Å². The van der Waals surface area contributed by atoms with E-state index < -0.39 is 16.1 Å². The van der Waals surface area contributed by atoms with Crippen molar-refractivity contribution in [2.45, 2.75) is 9.79 Å². The molecule has 12 rings (SSSR count). The summed E-state index contributed by atoms with van der Waals surface area (Å²) in [6.45, 7) is 0. The maximum Gasteiger partial charge on any atom is 0.181 e. The summed E-state index contributed by atoms with van der Waals surface area (Å²) in [6.07, 6.45) is 0. The molecule has 2 heterocycles. The quantitative estimate of drug-likeness (QED) is 0.147. The summed E-state index contributed by atoms with van der Waals surface area (Å²) in [5.41, 5.74) is 8.29. The zero-order valence-corrected chi connectivity index (χ0v) is 38.0. The summed E-state index contributed by atoms with van der Waals surface area (Å²) in [7, 11) is -6.15. The Morgan fingerprint density at radius 2 is 0.625 bits per heavy atom. The van der Waals surface area contributed by atoms with Gasteiger partial charge in [0.1, 0.15) is 0 Å². The Morgan fingerprint density at radius 3 is 1.09 bits per heavy atom. The first-order valence-corrected chi connectivity index (χ1v) is 26.9. The smallest absolute Gasteiger partial charge is 0.181 e. The molecule has 0 saturated carbocycles. The average molecular weight is 866 g/mol. The molecule has 1 spiro atoms. The molecule has 0 atom stereocenters. The van der Waals surface area contributed by atoms with E-state index in [0.717, 1.165) is 11.4 Å². The van der Waals surface area contributed by atoms with Crippen LogP contribution in [0.25, 0.3) is 22.3 Å². The molecule has 10 aromatic carbocycles. The van der Waals surface area contributed by atoms with Gasteiger partial charge in [0.2, 0.25) is 0 Å². The average Bonchev–Trinajstić information content (AvgIpc) is 3.38. The van der Waals surface area contributed by atoms with E-state index >= 15 is 0 Å². The second kappa shape index (κ2) is 15.8. The van der Waals surface area contributed by atoms with E-state index in [9.17, 15) is 0 Å². The minimum atomic E-state index is -3.14. The van der Waals surface area contributed by atoms with Crippen molar-refractivity contribution in [2.24, 2.45) is 0 Å². The molecule has 0 N–H and O–H groups in total. The third-order valence-electron chi connectivity index (χ3n) is 13.5. The Kier molecular flexibility index (Phi) is 9.52. The molecule has 1 nitrogen and oxygen atoms in total. The highest BCUT2D eigenvalue weighted by atomic mass is 32.2. The summed E-state index contributed by atoms with van der Waals surface area (Å²) in [5.74, 6) is 0. The number of rotatable bonds is 7. The fourth-order valence-corrected chi connectivity index (χ4v) is 25.3. The molecule has 0 amide bonds. The summed E-state index contributed by atoms with van der Waals surface area (Å²) >= 11 is 1.93. The van der Waals surface area contributed by atoms with Crippen molar-refractivity contribution in [2.75, 3.05) is 4.90 Å². The molecule has 2 aliphatic heterocycles. The Balaban J connectivity index is 1.24. The number of nitrogens with zero attached hydrogens (tertiary/aromatic N) is 1. The van der Waals surface area contributed by atoms with Crippen molar-refractivity contribution in [1.29, 1.82) is 0 Å². The molecule has 0 aromatic heterocycles. The lowest BCUT2D eigenvalue weighted by molar-refractivity contribution is 1.29. The molecule has 0 radical (unpaired) electrons.